The maximum Gasteiger partial charge on any atom is 0.172 e. The summed E-state index contributed by atoms with van der Waals surface area (Å²) in [5.41, 5.74) is 2.34. The molecule has 1 unspecified atom stereocenters. The van der Waals surface area contributed by atoms with Gasteiger partial charge in [-0.25, -0.2) is 0 Å². The summed E-state index contributed by atoms with van der Waals surface area (Å²) in [6.07, 6.45) is 0.176. The van der Waals surface area contributed by atoms with E-state index in [0.717, 1.165) is 5.56 Å². The largest absolute Gasteiger partial charge is 0.354 e. The second-order valence-electron chi connectivity index (χ2n) is 3.77. The van der Waals surface area contributed by atoms with Crippen molar-refractivity contribution in [3.8, 4) is 6.07 Å². The number of nitriles is 1. The number of hydrogen-bond donors (Lipinski definition) is 0. The molecule has 16 heavy (non-hydrogen) atoms. The van der Waals surface area contributed by atoms with Crippen LogP contribution in [0.15, 0.2) is 24.3 Å². The van der Waals surface area contributed by atoms with Gasteiger partial charge in [-0.1, -0.05) is 29.8 Å². The minimum atomic E-state index is -0.466. The van der Waals surface area contributed by atoms with Gasteiger partial charge in [0.25, 0.3) is 0 Å². The topological polar surface area (TPSA) is 42.2 Å². The molecule has 0 aliphatic carbocycles. The van der Waals surface area contributed by atoms with Crippen molar-refractivity contribution in [3.63, 3.8) is 0 Å². The van der Waals surface area contributed by atoms with Gasteiger partial charge in [-0.05, 0) is 18.9 Å². The van der Waals surface area contributed by atoms with Crippen LogP contribution >= 0.6 is 0 Å². The Morgan fingerprint density at radius 3 is 2.19 bits per heavy atom. The number of hydrogen-bond acceptors (Lipinski definition) is 3. The molecular formula is C13H17NO2. The number of aryl methyl sites for hydroxylation is 1. The molecule has 0 saturated carbocycles. The van der Waals surface area contributed by atoms with Gasteiger partial charge in [0.15, 0.2) is 6.29 Å². The van der Waals surface area contributed by atoms with Gasteiger partial charge in [0.1, 0.15) is 5.92 Å². The van der Waals surface area contributed by atoms with E-state index in [-0.39, 0.29) is 5.92 Å². The lowest BCUT2D eigenvalue weighted by atomic mass is 9.99. The summed E-state index contributed by atoms with van der Waals surface area (Å²) in [4.78, 5) is 0. The minimum Gasteiger partial charge on any atom is -0.354 e. The highest BCUT2D eigenvalue weighted by atomic mass is 16.7. The molecule has 1 atom stereocenters. The maximum atomic E-state index is 9.06. The van der Waals surface area contributed by atoms with Gasteiger partial charge < -0.3 is 9.47 Å². The van der Waals surface area contributed by atoms with Crippen molar-refractivity contribution in [1.82, 2.24) is 0 Å². The second-order valence-corrected chi connectivity index (χ2v) is 3.77. The highest BCUT2D eigenvalue weighted by Gasteiger charge is 2.20. The number of nitrogens with zero attached hydrogens (tertiary/aromatic N) is 1. The second kappa shape index (κ2) is 6.26. The van der Waals surface area contributed by atoms with Crippen molar-refractivity contribution in [3.05, 3.63) is 35.4 Å². The first-order valence-electron chi connectivity index (χ1n) is 5.22. The first kappa shape index (κ1) is 12.7. The molecule has 0 bridgehead atoms. The molecule has 0 spiro atoms. The SMILES string of the molecule is COC(OC)C(C#N)Cc1ccc(C)cc1. The van der Waals surface area contributed by atoms with Crippen LogP contribution in [0.3, 0.4) is 0 Å². The van der Waals surface area contributed by atoms with Gasteiger partial charge in [0.2, 0.25) is 0 Å². The predicted octanol–water partition coefficient (Wildman–Crippen LogP) is 2.30. The summed E-state index contributed by atoms with van der Waals surface area (Å²) in [5, 5.41) is 9.06. The third kappa shape index (κ3) is 3.34. The first-order chi connectivity index (χ1) is 7.71. The van der Waals surface area contributed by atoms with Crippen molar-refractivity contribution >= 4 is 0 Å². The fourth-order valence-corrected chi connectivity index (χ4v) is 1.61. The van der Waals surface area contributed by atoms with E-state index in [1.54, 1.807) is 14.2 Å². The molecule has 0 amide bonds. The number of rotatable bonds is 5. The fourth-order valence-electron chi connectivity index (χ4n) is 1.61. The molecule has 3 heteroatoms. The van der Waals surface area contributed by atoms with E-state index in [1.807, 2.05) is 31.2 Å². The van der Waals surface area contributed by atoms with Crippen LogP contribution in [0.2, 0.25) is 0 Å². The molecule has 0 fully saturated rings. The molecule has 0 aliphatic rings. The molecule has 86 valence electrons. The van der Waals surface area contributed by atoms with E-state index in [9.17, 15) is 0 Å². The molecule has 0 N–H and O–H groups in total. The molecule has 1 aromatic carbocycles. The smallest absolute Gasteiger partial charge is 0.172 e. The zero-order valence-electron chi connectivity index (χ0n) is 9.93. The monoisotopic (exact) mass is 219 g/mol. The molecule has 0 saturated heterocycles. The van der Waals surface area contributed by atoms with E-state index in [0.29, 0.717) is 6.42 Å². The summed E-state index contributed by atoms with van der Waals surface area (Å²) in [6, 6.07) is 10.4. The summed E-state index contributed by atoms with van der Waals surface area (Å²) < 4.78 is 10.2. The molecule has 0 heterocycles. The normalized spacial score (nSPS) is 12.4. The Kier molecular flexibility index (Phi) is 4.97. The van der Waals surface area contributed by atoms with Crippen molar-refractivity contribution in [1.29, 1.82) is 5.26 Å². The molecule has 0 aromatic heterocycles. The molecule has 1 rings (SSSR count). The quantitative estimate of drug-likeness (QED) is 0.713. The lowest BCUT2D eigenvalue weighted by molar-refractivity contribution is -0.124. The van der Waals surface area contributed by atoms with E-state index in [4.69, 9.17) is 14.7 Å². The first-order valence-corrected chi connectivity index (χ1v) is 5.22. The van der Waals surface area contributed by atoms with Crippen molar-refractivity contribution in [2.45, 2.75) is 19.6 Å². The Labute approximate surface area is 96.6 Å². The van der Waals surface area contributed by atoms with Gasteiger partial charge in [-0.3, -0.25) is 0 Å². The Morgan fingerprint density at radius 2 is 1.75 bits per heavy atom. The Balaban J connectivity index is 2.70. The van der Waals surface area contributed by atoms with Crippen LogP contribution in [-0.2, 0) is 15.9 Å². The Morgan fingerprint density at radius 1 is 1.19 bits per heavy atom. The summed E-state index contributed by atoms with van der Waals surface area (Å²) in [6.45, 7) is 2.04. The van der Waals surface area contributed by atoms with E-state index < -0.39 is 6.29 Å². The number of ether oxygens (including phenoxy) is 2. The van der Waals surface area contributed by atoms with Gasteiger partial charge in [0, 0.05) is 14.2 Å². The van der Waals surface area contributed by atoms with Crippen molar-refractivity contribution < 1.29 is 9.47 Å². The van der Waals surface area contributed by atoms with Gasteiger partial charge in [-0.2, -0.15) is 5.26 Å². The van der Waals surface area contributed by atoms with Crippen LogP contribution < -0.4 is 0 Å². The summed E-state index contributed by atoms with van der Waals surface area (Å²) >= 11 is 0. The van der Waals surface area contributed by atoms with E-state index in [1.165, 1.54) is 5.56 Å². The molecule has 3 nitrogen and oxygen atoms in total. The van der Waals surface area contributed by atoms with E-state index in [2.05, 4.69) is 6.07 Å². The summed E-state index contributed by atoms with van der Waals surface area (Å²) in [7, 11) is 3.10. The van der Waals surface area contributed by atoms with Gasteiger partial charge in [-0.15, -0.1) is 0 Å². The van der Waals surface area contributed by atoms with Crippen LogP contribution in [0.5, 0.6) is 0 Å². The maximum absolute atomic E-state index is 9.06. The summed E-state index contributed by atoms with van der Waals surface area (Å²) in [5.74, 6) is -0.280. The molecule has 1 aromatic rings. The van der Waals surface area contributed by atoms with Crippen LogP contribution in [0, 0.1) is 24.2 Å². The van der Waals surface area contributed by atoms with Crippen molar-refractivity contribution in [2.75, 3.05) is 14.2 Å². The van der Waals surface area contributed by atoms with Crippen LogP contribution in [-0.4, -0.2) is 20.5 Å². The minimum absolute atomic E-state index is 0.280. The van der Waals surface area contributed by atoms with Crippen LogP contribution in [0.25, 0.3) is 0 Å². The Hall–Kier alpha value is -1.37. The van der Waals surface area contributed by atoms with Crippen LogP contribution in [0.1, 0.15) is 11.1 Å². The zero-order chi connectivity index (χ0) is 12.0. The van der Waals surface area contributed by atoms with Crippen LogP contribution in [0.4, 0.5) is 0 Å². The average molecular weight is 219 g/mol. The standard InChI is InChI=1S/C13H17NO2/c1-10-4-6-11(7-5-10)8-12(9-14)13(15-2)16-3/h4-7,12-13H,8H2,1-3H3. The van der Waals surface area contributed by atoms with E-state index >= 15 is 0 Å². The molecule has 0 aliphatic heterocycles. The highest BCUT2D eigenvalue weighted by Crippen LogP contribution is 2.15. The third-order valence-electron chi connectivity index (χ3n) is 2.54. The fraction of sp³-hybridized carbons (Fsp3) is 0.462. The average Bonchev–Trinajstić information content (AvgIpc) is 2.32. The number of benzene rings is 1. The number of methoxy groups -OCH3 is 2. The third-order valence-corrected chi connectivity index (χ3v) is 2.54. The van der Waals surface area contributed by atoms with Gasteiger partial charge >= 0.3 is 0 Å². The molecular weight excluding hydrogens is 202 g/mol. The van der Waals surface area contributed by atoms with Gasteiger partial charge in [0.05, 0.1) is 6.07 Å². The zero-order valence-corrected chi connectivity index (χ0v) is 9.93. The van der Waals surface area contributed by atoms with Crippen molar-refractivity contribution in [2.24, 2.45) is 5.92 Å². The lowest BCUT2D eigenvalue weighted by Crippen LogP contribution is -2.25. The Bertz CT molecular complexity index is 349. The lowest BCUT2D eigenvalue weighted by Gasteiger charge is -2.18. The molecule has 0 radical (unpaired) electrons. The predicted molar refractivity (Wildman–Crippen MR) is 61.8 cm³/mol. The highest BCUT2D eigenvalue weighted by molar-refractivity contribution is 5.22.